The van der Waals surface area contributed by atoms with Crippen molar-refractivity contribution in [1.82, 2.24) is 28.6 Å². The number of aryl methyl sites for hydroxylation is 1. The molecule has 6 rings (SSSR count). The summed E-state index contributed by atoms with van der Waals surface area (Å²) in [6.45, 7) is 11.4. The summed E-state index contributed by atoms with van der Waals surface area (Å²) in [6, 6.07) is 10.6. The first-order valence-corrected chi connectivity index (χ1v) is 20.0. The van der Waals surface area contributed by atoms with E-state index in [0.717, 1.165) is 66.7 Å². The van der Waals surface area contributed by atoms with Crippen molar-refractivity contribution in [2.45, 2.75) is 77.8 Å². The van der Waals surface area contributed by atoms with Crippen LogP contribution in [0.4, 0.5) is 24.9 Å². The summed E-state index contributed by atoms with van der Waals surface area (Å²) < 4.78 is 67.7. The maximum atomic E-state index is 13.1. The summed E-state index contributed by atoms with van der Waals surface area (Å²) in [5.74, 6) is 1.04. The molecule has 1 aromatic carbocycles. The molecule has 2 fully saturated rings. The Balaban J connectivity index is 1.11. The number of hydrogen-bond donors (Lipinski definition) is 2. The number of nitrogens with zero attached hydrogens (tertiary/aromatic N) is 7. The Morgan fingerprint density at radius 1 is 1.06 bits per heavy atom. The average molecular weight is 746 g/mol. The lowest BCUT2D eigenvalue weighted by Crippen LogP contribution is -2.53. The van der Waals surface area contributed by atoms with Gasteiger partial charge in [0, 0.05) is 87.3 Å². The lowest BCUT2D eigenvalue weighted by molar-refractivity contribution is -0.126. The maximum Gasteiger partial charge on any atom is 0.393 e. The Labute approximate surface area is 301 Å². The van der Waals surface area contributed by atoms with E-state index in [9.17, 15) is 26.9 Å². The Bertz CT molecular complexity index is 2010. The predicted molar refractivity (Wildman–Crippen MR) is 197 cm³/mol. The number of nitriles is 1. The average Bonchev–Trinajstić information content (AvgIpc) is 3.68. The normalized spacial score (nSPS) is 18.0. The predicted octanol–water partition coefficient (Wildman–Crippen LogP) is 5.80. The summed E-state index contributed by atoms with van der Waals surface area (Å²) in [4.78, 5) is 14.5. The number of rotatable bonds is 12. The number of thiophene rings is 1. The standard InChI is InChI=1S/C35H46F3N9O2S2/c1-5-26(45-13-15-46(16-14-45)51(48,49)6-2)22-47-27(20-39)17-29-23(3)24(7-8-31(29)47)21-44-11-9-25(10-12-44)41-32-30-18-28(19-35(36,37)38)50-33(30)43-34(40-4)42-32/h7-8,17-18,25-26H,5-6,9-16,19,21-22H2,1-4H3,(H2,40,41,42,43)/t26-/m0/s1. The van der Waals surface area contributed by atoms with Gasteiger partial charge < -0.3 is 15.2 Å². The molecule has 4 aromatic rings. The topological polar surface area (TPSA) is 122 Å². The molecule has 2 saturated heterocycles. The van der Waals surface area contributed by atoms with Crippen LogP contribution in [0.25, 0.3) is 21.1 Å². The molecule has 0 radical (unpaired) electrons. The fourth-order valence-corrected chi connectivity index (χ4v) is 9.52. The minimum Gasteiger partial charge on any atom is -0.367 e. The van der Waals surface area contributed by atoms with Crippen molar-refractivity contribution in [1.29, 1.82) is 5.26 Å². The highest BCUT2D eigenvalue weighted by Gasteiger charge is 2.31. The van der Waals surface area contributed by atoms with E-state index in [0.29, 0.717) is 60.4 Å². The van der Waals surface area contributed by atoms with Gasteiger partial charge in [0.25, 0.3) is 0 Å². The van der Waals surface area contributed by atoms with Gasteiger partial charge in [-0.1, -0.05) is 13.0 Å². The number of alkyl halides is 3. The fourth-order valence-electron chi connectivity index (χ4n) is 7.37. The largest absolute Gasteiger partial charge is 0.393 e. The number of benzene rings is 1. The number of sulfonamides is 1. The van der Waals surface area contributed by atoms with Crippen LogP contribution in [0.2, 0.25) is 0 Å². The van der Waals surface area contributed by atoms with Crippen LogP contribution in [-0.4, -0.2) is 107 Å². The second-order valence-electron chi connectivity index (χ2n) is 13.5. The molecule has 2 N–H and O–H groups in total. The molecule has 16 heteroatoms. The molecule has 0 spiro atoms. The van der Waals surface area contributed by atoms with E-state index < -0.39 is 22.6 Å². The highest BCUT2D eigenvalue weighted by atomic mass is 32.2. The van der Waals surface area contributed by atoms with Crippen LogP contribution in [0.1, 0.15) is 54.8 Å². The van der Waals surface area contributed by atoms with E-state index >= 15 is 0 Å². The number of piperidine rings is 1. The molecule has 0 amide bonds. The van der Waals surface area contributed by atoms with E-state index in [-0.39, 0.29) is 22.7 Å². The SMILES string of the molecule is CC[C@@H](Cn1c(C#N)cc2c(C)c(CN3CCC(Nc4nc(NC)nc5sc(CC(F)(F)F)cc45)CC3)ccc21)N1CCN(S(=O)(=O)CC)CC1. The number of hydrogen-bond acceptors (Lipinski definition) is 10. The van der Waals surface area contributed by atoms with Gasteiger partial charge in [0.15, 0.2) is 0 Å². The van der Waals surface area contributed by atoms with Gasteiger partial charge in [0.1, 0.15) is 22.4 Å². The fraction of sp³-hybridized carbons (Fsp3) is 0.571. The monoisotopic (exact) mass is 745 g/mol. The third-order valence-electron chi connectivity index (χ3n) is 10.4. The van der Waals surface area contributed by atoms with E-state index in [2.05, 4.69) is 67.0 Å². The molecule has 51 heavy (non-hydrogen) atoms. The van der Waals surface area contributed by atoms with Crippen molar-refractivity contribution < 1.29 is 21.6 Å². The zero-order valence-corrected chi connectivity index (χ0v) is 31.2. The summed E-state index contributed by atoms with van der Waals surface area (Å²) >= 11 is 1.05. The number of aromatic nitrogens is 3. The maximum absolute atomic E-state index is 13.1. The van der Waals surface area contributed by atoms with Gasteiger partial charge in [-0.25, -0.2) is 13.4 Å². The first-order chi connectivity index (χ1) is 24.3. The number of piperazine rings is 1. The first-order valence-electron chi connectivity index (χ1n) is 17.6. The molecule has 0 unspecified atom stereocenters. The molecule has 0 saturated carbocycles. The number of anilines is 2. The van der Waals surface area contributed by atoms with Gasteiger partial charge in [-0.3, -0.25) is 9.80 Å². The van der Waals surface area contributed by atoms with Crippen molar-refractivity contribution in [3.05, 3.63) is 46.0 Å². The van der Waals surface area contributed by atoms with Gasteiger partial charge in [0.2, 0.25) is 16.0 Å². The first kappa shape index (κ1) is 37.3. The van der Waals surface area contributed by atoms with Crippen LogP contribution in [0.3, 0.4) is 0 Å². The van der Waals surface area contributed by atoms with Crippen LogP contribution in [0, 0.1) is 18.3 Å². The lowest BCUT2D eigenvalue weighted by Gasteiger charge is -2.38. The van der Waals surface area contributed by atoms with Crippen LogP contribution in [-0.2, 0) is 29.5 Å². The number of likely N-dealkylation sites (tertiary alicyclic amines) is 1. The highest BCUT2D eigenvalue weighted by molar-refractivity contribution is 7.89. The van der Waals surface area contributed by atoms with E-state index in [1.807, 2.05) is 6.07 Å². The van der Waals surface area contributed by atoms with Crippen LogP contribution >= 0.6 is 11.3 Å². The van der Waals surface area contributed by atoms with Crippen molar-refractivity contribution in [2.24, 2.45) is 0 Å². The summed E-state index contributed by atoms with van der Waals surface area (Å²) in [5.41, 5.74) is 4.02. The molecule has 1 atom stereocenters. The number of nitrogens with one attached hydrogen (secondary N) is 2. The van der Waals surface area contributed by atoms with Gasteiger partial charge in [0.05, 0.1) is 17.6 Å². The van der Waals surface area contributed by atoms with Crippen molar-refractivity contribution >= 4 is 54.2 Å². The van der Waals surface area contributed by atoms with Crippen LogP contribution < -0.4 is 10.6 Å². The summed E-state index contributed by atoms with van der Waals surface area (Å²) in [6.07, 6.45) is -2.68. The molecular formula is C35H46F3N9O2S2. The summed E-state index contributed by atoms with van der Waals surface area (Å²) in [7, 11) is -1.51. The molecule has 11 nitrogen and oxygen atoms in total. The molecule has 0 bridgehead atoms. The molecule has 3 aromatic heterocycles. The van der Waals surface area contributed by atoms with E-state index in [1.54, 1.807) is 24.3 Å². The van der Waals surface area contributed by atoms with Crippen molar-refractivity contribution in [2.75, 3.05) is 62.7 Å². The lowest BCUT2D eigenvalue weighted by atomic mass is 10.0. The minimum atomic E-state index is -4.29. The Morgan fingerprint density at radius 3 is 2.41 bits per heavy atom. The Morgan fingerprint density at radius 2 is 1.78 bits per heavy atom. The smallest absolute Gasteiger partial charge is 0.367 e. The zero-order chi connectivity index (χ0) is 36.5. The molecule has 2 aliphatic heterocycles. The highest BCUT2D eigenvalue weighted by Crippen LogP contribution is 2.35. The molecular weight excluding hydrogens is 700 g/mol. The number of fused-ring (bicyclic) bond motifs is 2. The molecule has 5 heterocycles. The second kappa shape index (κ2) is 15.2. The third-order valence-corrected chi connectivity index (χ3v) is 13.3. The third kappa shape index (κ3) is 8.28. The Hall–Kier alpha value is -3.49. The Kier molecular flexibility index (Phi) is 11.1. The quantitative estimate of drug-likeness (QED) is 0.186. The molecule has 276 valence electrons. The van der Waals surface area contributed by atoms with Crippen molar-refractivity contribution in [3.8, 4) is 6.07 Å². The summed E-state index contributed by atoms with van der Waals surface area (Å²) in [5, 5.41) is 18.2. The minimum absolute atomic E-state index is 0.114. The van der Waals surface area contributed by atoms with Crippen molar-refractivity contribution in [3.63, 3.8) is 0 Å². The van der Waals surface area contributed by atoms with Gasteiger partial charge >= 0.3 is 6.18 Å². The van der Waals surface area contributed by atoms with E-state index in [1.165, 1.54) is 5.56 Å². The van der Waals surface area contributed by atoms with Gasteiger partial charge in [-0.15, -0.1) is 11.3 Å². The van der Waals surface area contributed by atoms with Crippen LogP contribution in [0.5, 0.6) is 0 Å². The second-order valence-corrected chi connectivity index (χ2v) is 16.9. The zero-order valence-electron chi connectivity index (χ0n) is 29.6. The van der Waals surface area contributed by atoms with Gasteiger partial charge in [-0.05, 0) is 62.4 Å². The van der Waals surface area contributed by atoms with E-state index in [4.69, 9.17) is 0 Å². The van der Waals surface area contributed by atoms with Crippen LogP contribution in [0.15, 0.2) is 24.3 Å². The molecule has 2 aliphatic rings. The number of halogens is 3. The van der Waals surface area contributed by atoms with Gasteiger partial charge in [-0.2, -0.15) is 27.7 Å². The molecule has 0 aliphatic carbocycles.